The smallest absolute Gasteiger partial charge is 0.237 e. The molecule has 2 aromatic rings. The monoisotopic (exact) mass is 301 g/mol. The van der Waals surface area contributed by atoms with Crippen molar-refractivity contribution in [1.82, 2.24) is 15.6 Å². The Morgan fingerprint density at radius 1 is 1.43 bits per heavy atom. The Kier molecular flexibility index (Phi) is 4.31. The minimum absolute atomic E-state index is 0.0801. The molecule has 5 heteroatoms. The first kappa shape index (κ1) is 14.2. The van der Waals surface area contributed by atoms with E-state index in [1.807, 2.05) is 19.1 Å². The molecular weight excluding hydrogens is 282 g/mol. The molecule has 0 saturated carbocycles. The van der Waals surface area contributed by atoms with Gasteiger partial charge in [-0.05, 0) is 24.5 Å². The lowest BCUT2D eigenvalue weighted by Gasteiger charge is -2.25. The number of benzene rings is 1. The molecule has 4 nitrogen and oxygen atoms in total. The summed E-state index contributed by atoms with van der Waals surface area (Å²) in [5.74, 6) is 0.0801. The highest BCUT2D eigenvalue weighted by Crippen LogP contribution is 2.16. The summed E-state index contributed by atoms with van der Waals surface area (Å²) in [5, 5.41) is 9.43. The molecule has 1 aliphatic heterocycles. The fourth-order valence-corrected chi connectivity index (χ4v) is 3.25. The Morgan fingerprint density at radius 3 is 3.00 bits per heavy atom. The number of carbonyl (C=O) groups is 1. The number of carbonyl (C=O) groups excluding carboxylic acids is 1. The summed E-state index contributed by atoms with van der Waals surface area (Å²) >= 11 is 1.65. The SMILES string of the molecule is Cc1nc(CCNC(=O)[C@@H]2Cc3ccccc3CN2)cs1. The Morgan fingerprint density at radius 2 is 2.24 bits per heavy atom. The van der Waals surface area contributed by atoms with Crippen LogP contribution in [0.15, 0.2) is 29.6 Å². The van der Waals surface area contributed by atoms with E-state index in [2.05, 4.69) is 33.1 Å². The van der Waals surface area contributed by atoms with Gasteiger partial charge in [-0.25, -0.2) is 4.98 Å². The van der Waals surface area contributed by atoms with Gasteiger partial charge >= 0.3 is 0 Å². The van der Waals surface area contributed by atoms with E-state index in [1.54, 1.807) is 11.3 Å². The Hall–Kier alpha value is -1.72. The molecule has 0 saturated heterocycles. The van der Waals surface area contributed by atoms with Gasteiger partial charge in [0, 0.05) is 24.9 Å². The molecule has 1 amide bonds. The molecule has 21 heavy (non-hydrogen) atoms. The standard InChI is InChI=1S/C16H19N3OS/c1-11-19-14(10-21-11)6-7-17-16(20)15-8-12-4-2-3-5-13(12)9-18-15/h2-5,10,15,18H,6-9H2,1H3,(H,17,20)/t15-/m0/s1. The minimum Gasteiger partial charge on any atom is -0.354 e. The van der Waals surface area contributed by atoms with Gasteiger partial charge in [0.2, 0.25) is 5.91 Å². The van der Waals surface area contributed by atoms with E-state index in [4.69, 9.17) is 0 Å². The number of fused-ring (bicyclic) bond motifs is 1. The zero-order chi connectivity index (χ0) is 14.7. The molecule has 0 radical (unpaired) electrons. The Labute approximate surface area is 128 Å². The van der Waals surface area contributed by atoms with Crippen LogP contribution in [0.4, 0.5) is 0 Å². The van der Waals surface area contributed by atoms with Crippen LogP contribution in [0.1, 0.15) is 21.8 Å². The first-order chi connectivity index (χ1) is 10.2. The number of aryl methyl sites for hydroxylation is 1. The van der Waals surface area contributed by atoms with Crippen molar-refractivity contribution < 1.29 is 4.79 Å². The summed E-state index contributed by atoms with van der Waals surface area (Å²) in [5.41, 5.74) is 3.62. The summed E-state index contributed by atoms with van der Waals surface area (Å²) in [6.07, 6.45) is 1.55. The summed E-state index contributed by atoms with van der Waals surface area (Å²) in [4.78, 5) is 16.6. The van der Waals surface area contributed by atoms with Crippen LogP contribution in [0.25, 0.3) is 0 Å². The van der Waals surface area contributed by atoms with Crippen LogP contribution in [-0.2, 0) is 24.2 Å². The van der Waals surface area contributed by atoms with Crippen molar-refractivity contribution >= 4 is 17.2 Å². The fourth-order valence-electron chi connectivity index (χ4n) is 2.60. The predicted octanol–water partition coefficient (Wildman–Crippen LogP) is 1.82. The van der Waals surface area contributed by atoms with Crippen LogP contribution in [0.5, 0.6) is 0 Å². The van der Waals surface area contributed by atoms with Crippen LogP contribution in [0.3, 0.4) is 0 Å². The van der Waals surface area contributed by atoms with Crippen molar-refractivity contribution in [3.8, 4) is 0 Å². The zero-order valence-corrected chi connectivity index (χ0v) is 12.9. The lowest BCUT2D eigenvalue weighted by Crippen LogP contribution is -2.48. The molecule has 0 aliphatic carbocycles. The van der Waals surface area contributed by atoms with Crippen molar-refractivity contribution in [3.05, 3.63) is 51.5 Å². The van der Waals surface area contributed by atoms with Crippen molar-refractivity contribution in [2.75, 3.05) is 6.54 Å². The molecule has 1 aromatic heterocycles. The second kappa shape index (κ2) is 6.37. The number of aromatic nitrogens is 1. The third-order valence-corrected chi connectivity index (χ3v) is 4.57. The Bertz CT molecular complexity index is 638. The number of hydrogen-bond acceptors (Lipinski definition) is 4. The molecule has 0 fully saturated rings. The normalized spacial score (nSPS) is 17.3. The van der Waals surface area contributed by atoms with Gasteiger partial charge in [0.1, 0.15) is 0 Å². The van der Waals surface area contributed by atoms with E-state index in [0.29, 0.717) is 6.54 Å². The number of rotatable bonds is 4. The third kappa shape index (κ3) is 3.49. The molecule has 1 aliphatic rings. The molecule has 0 spiro atoms. The number of hydrogen-bond donors (Lipinski definition) is 2. The number of nitrogens with zero attached hydrogens (tertiary/aromatic N) is 1. The molecule has 2 N–H and O–H groups in total. The third-order valence-electron chi connectivity index (χ3n) is 3.74. The summed E-state index contributed by atoms with van der Waals surface area (Å²) in [6, 6.07) is 8.16. The summed E-state index contributed by atoms with van der Waals surface area (Å²) < 4.78 is 0. The predicted molar refractivity (Wildman–Crippen MR) is 84.3 cm³/mol. The summed E-state index contributed by atoms with van der Waals surface area (Å²) in [7, 11) is 0. The van der Waals surface area contributed by atoms with E-state index in [1.165, 1.54) is 11.1 Å². The van der Waals surface area contributed by atoms with Gasteiger partial charge in [0.05, 0.1) is 16.7 Å². The average molecular weight is 301 g/mol. The molecule has 0 unspecified atom stereocenters. The fraction of sp³-hybridized carbons (Fsp3) is 0.375. The second-order valence-electron chi connectivity index (χ2n) is 5.31. The van der Waals surface area contributed by atoms with Crippen molar-refractivity contribution in [1.29, 1.82) is 0 Å². The van der Waals surface area contributed by atoms with Crippen molar-refractivity contribution in [3.63, 3.8) is 0 Å². The lowest BCUT2D eigenvalue weighted by molar-refractivity contribution is -0.123. The first-order valence-electron chi connectivity index (χ1n) is 7.21. The maximum Gasteiger partial charge on any atom is 0.237 e. The molecule has 1 atom stereocenters. The van der Waals surface area contributed by atoms with E-state index in [0.717, 1.165) is 30.1 Å². The summed E-state index contributed by atoms with van der Waals surface area (Å²) in [6.45, 7) is 3.40. The number of nitrogens with one attached hydrogen (secondary N) is 2. The van der Waals surface area contributed by atoms with E-state index in [-0.39, 0.29) is 11.9 Å². The van der Waals surface area contributed by atoms with Crippen molar-refractivity contribution in [2.45, 2.75) is 32.4 Å². The van der Waals surface area contributed by atoms with Gasteiger partial charge in [-0.15, -0.1) is 11.3 Å². The second-order valence-corrected chi connectivity index (χ2v) is 6.37. The van der Waals surface area contributed by atoms with Gasteiger partial charge < -0.3 is 10.6 Å². The highest BCUT2D eigenvalue weighted by Gasteiger charge is 2.23. The molecular formula is C16H19N3OS. The topological polar surface area (TPSA) is 54.0 Å². The number of amides is 1. The number of thiazole rings is 1. The molecule has 0 bridgehead atoms. The average Bonchev–Trinajstić information content (AvgIpc) is 2.92. The van der Waals surface area contributed by atoms with Gasteiger partial charge in [-0.1, -0.05) is 24.3 Å². The Balaban J connectivity index is 1.50. The lowest BCUT2D eigenvalue weighted by atomic mass is 9.95. The quantitative estimate of drug-likeness (QED) is 0.906. The highest BCUT2D eigenvalue weighted by atomic mass is 32.1. The van der Waals surface area contributed by atoms with Crippen LogP contribution in [-0.4, -0.2) is 23.5 Å². The van der Waals surface area contributed by atoms with Crippen LogP contribution in [0.2, 0.25) is 0 Å². The largest absolute Gasteiger partial charge is 0.354 e. The van der Waals surface area contributed by atoms with Gasteiger partial charge in [0.15, 0.2) is 0 Å². The van der Waals surface area contributed by atoms with Crippen LogP contribution >= 0.6 is 11.3 Å². The minimum atomic E-state index is -0.128. The maximum atomic E-state index is 12.2. The van der Waals surface area contributed by atoms with E-state index >= 15 is 0 Å². The first-order valence-corrected chi connectivity index (χ1v) is 8.09. The van der Waals surface area contributed by atoms with E-state index in [9.17, 15) is 4.79 Å². The van der Waals surface area contributed by atoms with Crippen LogP contribution < -0.4 is 10.6 Å². The maximum absolute atomic E-state index is 12.2. The zero-order valence-electron chi connectivity index (χ0n) is 12.1. The molecule has 1 aromatic carbocycles. The molecule has 110 valence electrons. The van der Waals surface area contributed by atoms with Gasteiger partial charge in [0.25, 0.3) is 0 Å². The van der Waals surface area contributed by atoms with E-state index < -0.39 is 0 Å². The van der Waals surface area contributed by atoms with Crippen molar-refractivity contribution in [2.24, 2.45) is 0 Å². The molecule has 3 rings (SSSR count). The van der Waals surface area contributed by atoms with Crippen LogP contribution in [0, 0.1) is 6.92 Å². The van der Waals surface area contributed by atoms with Gasteiger partial charge in [-0.2, -0.15) is 0 Å². The molecule has 2 heterocycles. The highest BCUT2D eigenvalue weighted by molar-refractivity contribution is 7.09. The van der Waals surface area contributed by atoms with Gasteiger partial charge in [-0.3, -0.25) is 4.79 Å².